The molecule has 0 bridgehead atoms. The first-order chi connectivity index (χ1) is 25.1. The average Bonchev–Trinajstić information content (AvgIpc) is 3.13. The minimum absolute atomic E-state index is 0.0926. The zero-order valence-electron chi connectivity index (χ0n) is 33.6. The molecule has 5 nitrogen and oxygen atoms in total. The number of esters is 2. The molecule has 0 aromatic heterocycles. The largest absolute Gasteiger partial charge is 0.462 e. The summed E-state index contributed by atoms with van der Waals surface area (Å²) in [5.74, 6) is -0.650. The van der Waals surface area contributed by atoms with Crippen LogP contribution in [0.2, 0.25) is 0 Å². The molecule has 0 aromatic rings. The number of hydrogen-bond acceptors (Lipinski definition) is 5. The topological polar surface area (TPSA) is 72.8 Å². The lowest BCUT2D eigenvalue weighted by atomic mass is 10.0. The maximum Gasteiger partial charge on any atom is 0.306 e. The normalized spacial score (nSPS) is 12.6. The van der Waals surface area contributed by atoms with Gasteiger partial charge < -0.3 is 14.6 Å². The van der Waals surface area contributed by atoms with Crippen LogP contribution in [-0.4, -0.2) is 36.4 Å². The van der Waals surface area contributed by atoms with E-state index in [1.807, 2.05) is 0 Å². The van der Waals surface area contributed by atoms with Gasteiger partial charge in [-0.15, -0.1) is 0 Å². The van der Waals surface area contributed by atoms with E-state index in [1.165, 1.54) is 135 Å². The molecule has 0 unspecified atom stereocenters. The second kappa shape index (κ2) is 42.3. The lowest BCUT2D eigenvalue weighted by molar-refractivity contribution is -0.161. The number of rotatable bonds is 39. The Bertz CT molecular complexity index is 858. The predicted octanol–water partition coefficient (Wildman–Crippen LogP) is 13.8. The van der Waals surface area contributed by atoms with Gasteiger partial charge in [-0.2, -0.15) is 0 Å². The first-order valence-corrected chi connectivity index (χ1v) is 21.7. The third-order valence-electron chi connectivity index (χ3n) is 9.38. The number of carbonyl (C=O) groups excluding carboxylic acids is 2. The van der Waals surface area contributed by atoms with Gasteiger partial charge >= 0.3 is 11.9 Å². The summed E-state index contributed by atoms with van der Waals surface area (Å²) < 4.78 is 10.6. The molecule has 0 heterocycles. The van der Waals surface area contributed by atoms with E-state index in [9.17, 15) is 14.7 Å². The van der Waals surface area contributed by atoms with E-state index in [0.29, 0.717) is 19.3 Å². The fraction of sp³-hybridized carbons (Fsp3) is 0.783. The second-order valence-electron chi connectivity index (χ2n) is 14.4. The van der Waals surface area contributed by atoms with Crippen molar-refractivity contribution in [2.24, 2.45) is 0 Å². The van der Waals surface area contributed by atoms with Crippen LogP contribution in [0, 0.1) is 0 Å². The highest BCUT2D eigenvalue weighted by molar-refractivity contribution is 5.70. The van der Waals surface area contributed by atoms with Crippen LogP contribution in [0.1, 0.15) is 213 Å². The molecule has 296 valence electrons. The standard InChI is InChI=1S/C46H82O5/c1-3-5-7-9-11-13-15-17-19-21-22-23-25-27-29-31-33-35-37-39-41-46(49)51-44(42-47)43-50-45(48)40-38-36-34-32-30-28-26-24-20-18-16-14-12-10-8-6-4-2/h12,14,18,20,26,28,32,34,44,47H,3-11,13,15-17,19,21-25,27,29-31,33,35-43H2,1-2H3/b14-12+,20-18+,28-26+,34-32+/t44-/m0/s1. The number of carbonyl (C=O) groups is 2. The van der Waals surface area contributed by atoms with E-state index >= 15 is 0 Å². The second-order valence-corrected chi connectivity index (χ2v) is 14.4. The van der Waals surface area contributed by atoms with Gasteiger partial charge in [-0.25, -0.2) is 0 Å². The van der Waals surface area contributed by atoms with Crippen molar-refractivity contribution in [1.82, 2.24) is 0 Å². The lowest BCUT2D eigenvalue weighted by Gasteiger charge is -2.15. The van der Waals surface area contributed by atoms with Gasteiger partial charge in [-0.1, -0.05) is 197 Å². The lowest BCUT2D eigenvalue weighted by Crippen LogP contribution is -2.28. The SMILES string of the molecule is CCCCC/C=C/C/C=C/C/C=C/C/C=C/CCCC(=O)OC[C@H](CO)OC(=O)CCCCCCCCCCCCCCCCCCCCCC. The van der Waals surface area contributed by atoms with Crippen molar-refractivity contribution in [3.63, 3.8) is 0 Å². The molecule has 1 N–H and O–H groups in total. The van der Waals surface area contributed by atoms with Crippen LogP contribution in [0.3, 0.4) is 0 Å². The highest BCUT2D eigenvalue weighted by atomic mass is 16.6. The summed E-state index contributed by atoms with van der Waals surface area (Å²) in [7, 11) is 0. The molecule has 0 rings (SSSR count). The maximum atomic E-state index is 12.2. The van der Waals surface area contributed by atoms with Gasteiger partial charge in [0.15, 0.2) is 6.10 Å². The van der Waals surface area contributed by atoms with Gasteiger partial charge in [-0.05, 0) is 51.4 Å². The zero-order valence-corrected chi connectivity index (χ0v) is 33.6. The van der Waals surface area contributed by atoms with Crippen molar-refractivity contribution in [3.05, 3.63) is 48.6 Å². The van der Waals surface area contributed by atoms with Crippen LogP contribution in [0.15, 0.2) is 48.6 Å². The van der Waals surface area contributed by atoms with Crippen molar-refractivity contribution in [2.75, 3.05) is 13.2 Å². The Morgan fingerprint density at radius 2 is 0.804 bits per heavy atom. The number of allylic oxidation sites excluding steroid dienone is 8. The van der Waals surface area contributed by atoms with Crippen molar-refractivity contribution in [3.8, 4) is 0 Å². The summed E-state index contributed by atoms with van der Waals surface area (Å²) >= 11 is 0. The van der Waals surface area contributed by atoms with Crippen LogP contribution in [0.5, 0.6) is 0 Å². The van der Waals surface area contributed by atoms with E-state index in [4.69, 9.17) is 9.47 Å². The maximum absolute atomic E-state index is 12.2. The van der Waals surface area contributed by atoms with E-state index in [-0.39, 0.29) is 25.2 Å². The Labute approximate surface area is 316 Å². The minimum atomic E-state index is -0.792. The Morgan fingerprint density at radius 1 is 0.451 bits per heavy atom. The first kappa shape index (κ1) is 48.9. The smallest absolute Gasteiger partial charge is 0.306 e. The van der Waals surface area contributed by atoms with Gasteiger partial charge in [0.05, 0.1) is 6.61 Å². The van der Waals surface area contributed by atoms with Crippen molar-refractivity contribution >= 4 is 11.9 Å². The predicted molar refractivity (Wildman–Crippen MR) is 219 cm³/mol. The Balaban J connectivity index is 3.59. The molecule has 1 atom stereocenters. The van der Waals surface area contributed by atoms with Gasteiger partial charge in [0, 0.05) is 12.8 Å². The van der Waals surface area contributed by atoms with Gasteiger partial charge in [0.2, 0.25) is 0 Å². The number of aliphatic hydroxyl groups is 1. The monoisotopic (exact) mass is 715 g/mol. The number of hydrogen-bond donors (Lipinski definition) is 1. The summed E-state index contributed by atoms with van der Waals surface area (Å²) in [5, 5.41) is 9.57. The molecule has 0 radical (unpaired) electrons. The highest BCUT2D eigenvalue weighted by Crippen LogP contribution is 2.15. The van der Waals surface area contributed by atoms with Crippen LogP contribution in [0.25, 0.3) is 0 Å². The quantitative estimate of drug-likeness (QED) is 0.0390. The summed E-state index contributed by atoms with van der Waals surface area (Å²) in [4.78, 5) is 24.3. The van der Waals surface area contributed by atoms with E-state index in [2.05, 4.69) is 62.5 Å². The molecule has 0 saturated carbocycles. The summed E-state index contributed by atoms with van der Waals surface area (Å²) in [6.45, 7) is 4.08. The molecule has 0 amide bonds. The molecular formula is C46H82O5. The van der Waals surface area contributed by atoms with Gasteiger partial charge in [0.25, 0.3) is 0 Å². The van der Waals surface area contributed by atoms with E-state index in [1.54, 1.807) is 0 Å². The molecule has 0 spiro atoms. The molecule has 51 heavy (non-hydrogen) atoms. The molecule has 0 aliphatic carbocycles. The Kier molecular flexibility index (Phi) is 40.5. The summed E-state index contributed by atoms with van der Waals surface area (Å²) in [6.07, 6.45) is 53.3. The molecule has 0 aromatic carbocycles. The highest BCUT2D eigenvalue weighted by Gasteiger charge is 2.16. The molecular weight excluding hydrogens is 633 g/mol. The molecule has 0 saturated heterocycles. The number of aliphatic hydroxyl groups excluding tert-OH is 1. The first-order valence-electron chi connectivity index (χ1n) is 21.7. The van der Waals surface area contributed by atoms with Gasteiger partial charge in [0.1, 0.15) is 6.61 Å². The Morgan fingerprint density at radius 3 is 1.24 bits per heavy atom. The number of ether oxygens (including phenoxy) is 2. The van der Waals surface area contributed by atoms with Crippen LogP contribution < -0.4 is 0 Å². The van der Waals surface area contributed by atoms with Crippen molar-refractivity contribution in [2.45, 2.75) is 219 Å². The third-order valence-corrected chi connectivity index (χ3v) is 9.38. The molecule has 5 heteroatoms. The fourth-order valence-corrected chi connectivity index (χ4v) is 6.08. The summed E-state index contributed by atoms with van der Waals surface area (Å²) in [5.41, 5.74) is 0. The van der Waals surface area contributed by atoms with E-state index < -0.39 is 6.10 Å². The molecule has 0 aliphatic rings. The zero-order chi connectivity index (χ0) is 37.1. The minimum Gasteiger partial charge on any atom is -0.462 e. The summed E-state index contributed by atoms with van der Waals surface area (Å²) in [6, 6.07) is 0. The van der Waals surface area contributed by atoms with Crippen LogP contribution in [0.4, 0.5) is 0 Å². The molecule has 0 fully saturated rings. The average molecular weight is 715 g/mol. The van der Waals surface area contributed by atoms with Gasteiger partial charge in [-0.3, -0.25) is 9.59 Å². The van der Waals surface area contributed by atoms with E-state index in [0.717, 1.165) is 44.9 Å². The fourth-order valence-electron chi connectivity index (χ4n) is 6.08. The third kappa shape index (κ3) is 40.5. The number of unbranched alkanes of at least 4 members (excludes halogenated alkanes) is 23. The van der Waals surface area contributed by atoms with Crippen LogP contribution in [-0.2, 0) is 19.1 Å². The Hall–Kier alpha value is -2.14. The van der Waals surface area contributed by atoms with Crippen molar-refractivity contribution in [1.29, 1.82) is 0 Å². The van der Waals surface area contributed by atoms with Crippen molar-refractivity contribution < 1.29 is 24.2 Å². The molecule has 0 aliphatic heterocycles. The van der Waals surface area contributed by atoms with Crippen LogP contribution >= 0.6 is 0 Å².